The SMILES string of the molecule is COc1ccc(F)c(-c2cc(F)c(C3CCc4ccc([C@H](C5CC5)[C@H](C)C(=O)O)cc4O3)nc2C)c1. The fourth-order valence-corrected chi connectivity index (χ4v) is 5.30. The largest absolute Gasteiger partial charge is 0.497 e. The molecule has 188 valence electrons. The highest BCUT2D eigenvalue weighted by Crippen LogP contribution is 2.48. The predicted molar refractivity (Wildman–Crippen MR) is 131 cm³/mol. The van der Waals surface area contributed by atoms with E-state index >= 15 is 4.39 Å². The number of aromatic nitrogens is 1. The molecule has 1 unspecified atom stereocenters. The second kappa shape index (κ2) is 9.52. The fraction of sp³-hybridized carbons (Fsp3) is 0.379. The average molecular weight is 494 g/mol. The molecule has 1 aliphatic carbocycles. The van der Waals surface area contributed by atoms with Gasteiger partial charge in [-0.2, -0.15) is 0 Å². The lowest BCUT2D eigenvalue weighted by Gasteiger charge is -2.28. The van der Waals surface area contributed by atoms with Gasteiger partial charge in [-0.15, -0.1) is 0 Å². The Morgan fingerprint density at radius 2 is 1.86 bits per heavy atom. The van der Waals surface area contributed by atoms with Crippen molar-refractivity contribution in [3.05, 3.63) is 76.6 Å². The first-order valence-corrected chi connectivity index (χ1v) is 12.3. The maximum absolute atomic E-state index is 15.3. The number of fused-ring (bicyclic) bond motifs is 1. The number of ether oxygens (including phenoxy) is 2. The number of methoxy groups -OCH3 is 1. The maximum atomic E-state index is 15.3. The summed E-state index contributed by atoms with van der Waals surface area (Å²) in [6.07, 6.45) is 2.71. The van der Waals surface area contributed by atoms with Crippen LogP contribution in [0.4, 0.5) is 8.78 Å². The number of aryl methyl sites for hydroxylation is 2. The topological polar surface area (TPSA) is 68.7 Å². The highest BCUT2D eigenvalue weighted by molar-refractivity contribution is 5.71. The van der Waals surface area contributed by atoms with Crippen LogP contribution in [0.1, 0.15) is 60.7 Å². The molecule has 0 bridgehead atoms. The van der Waals surface area contributed by atoms with Gasteiger partial charge in [-0.05, 0) is 85.9 Å². The minimum atomic E-state index is -0.808. The summed E-state index contributed by atoms with van der Waals surface area (Å²) >= 11 is 0. The van der Waals surface area contributed by atoms with Gasteiger partial charge in [0.15, 0.2) is 0 Å². The van der Waals surface area contributed by atoms with Gasteiger partial charge in [0.1, 0.15) is 34.9 Å². The molecule has 0 spiro atoms. The molecule has 36 heavy (non-hydrogen) atoms. The van der Waals surface area contributed by atoms with Crippen LogP contribution >= 0.6 is 0 Å². The van der Waals surface area contributed by atoms with E-state index in [9.17, 15) is 14.3 Å². The lowest BCUT2D eigenvalue weighted by molar-refractivity contribution is -0.142. The Hall–Kier alpha value is -3.48. The molecule has 0 saturated heterocycles. The first-order chi connectivity index (χ1) is 17.3. The predicted octanol–water partition coefficient (Wildman–Crippen LogP) is 6.62. The van der Waals surface area contributed by atoms with Crippen molar-refractivity contribution >= 4 is 5.97 Å². The second-order valence-corrected chi connectivity index (χ2v) is 9.84. The Morgan fingerprint density at radius 1 is 1.08 bits per heavy atom. The monoisotopic (exact) mass is 493 g/mol. The zero-order chi connectivity index (χ0) is 25.6. The Morgan fingerprint density at radius 3 is 2.56 bits per heavy atom. The summed E-state index contributed by atoms with van der Waals surface area (Å²) in [5.74, 6) is -0.944. The maximum Gasteiger partial charge on any atom is 0.306 e. The van der Waals surface area contributed by atoms with Crippen LogP contribution in [0.15, 0.2) is 42.5 Å². The zero-order valence-electron chi connectivity index (χ0n) is 20.6. The Labute approximate surface area is 209 Å². The molecule has 2 aliphatic rings. The zero-order valence-corrected chi connectivity index (χ0v) is 20.6. The van der Waals surface area contributed by atoms with Crippen molar-refractivity contribution in [2.75, 3.05) is 7.11 Å². The van der Waals surface area contributed by atoms with E-state index in [4.69, 9.17) is 9.47 Å². The van der Waals surface area contributed by atoms with E-state index in [2.05, 4.69) is 4.98 Å². The van der Waals surface area contributed by atoms with Crippen molar-refractivity contribution in [1.29, 1.82) is 0 Å². The summed E-state index contributed by atoms with van der Waals surface area (Å²) in [6.45, 7) is 3.48. The molecule has 5 rings (SSSR count). The van der Waals surface area contributed by atoms with Crippen molar-refractivity contribution in [3.8, 4) is 22.6 Å². The number of hydrogen-bond donors (Lipinski definition) is 1. The van der Waals surface area contributed by atoms with E-state index in [1.165, 1.54) is 31.4 Å². The van der Waals surface area contributed by atoms with Crippen molar-refractivity contribution < 1.29 is 28.2 Å². The van der Waals surface area contributed by atoms with Crippen LogP contribution in [0.3, 0.4) is 0 Å². The summed E-state index contributed by atoms with van der Waals surface area (Å²) in [7, 11) is 1.49. The quantitative estimate of drug-likeness (QED) is 0.400. The number of aliphatic carboxylic acids is 1. The third-order valence-electron chi connectivity index (χ3n) is 7.44. The van der Waals surface area contributed by atoms with Gasteiger partial charge in [0, 0.05) is 16.8 Å². The number of carboxylic acids is 1. The molecule has 1 saturated carbocycles. The van der Waals surface area contributed by atoms with Crippen molar-refractivity contribution in [2.45, 2.75) is 51.6 Å². The van der Waals surface area contributed by atoms with Gasteiger partial charge in [0.25, 0.3) is 0 Å². The third-order valence-corrected chi connectivity index (χ3v) is 7.44. The number of rotatable bonds is 7. The Bertz CT molecular complexity index is 1320. The minimum Gasteiger partial charge on any atom is -0.497 e. The van der Waals surface area contributed by atoms with E-state index in [-0.39, 0.29) is 17.2 Å². The van der Waals surface area contributed by atoms with Crippen molar-refractivity contribution in [2.24, 2.45) is 11.8 Å². The van der Waals surface area contributed by atoms with Crippen LogP contribution in [-0.4, -0.2) is 23.2 Å². The van der Waals surface area contributed by atoms with Gasteiger partial charge in [-0.1, -0.05) is 19.1 Å². The lowest BCUT2D eigenvalue weighted by Crippen LogP contribution is -2.22. The second-order valence-electron chi connectivity index (χ2n) is 9.84. The molecule has 1 N–H and O–H groups in total. The van der Waals surface area contributed by atoms with Crippen molar-refractivity contribution in [3.63, 3.8) is 0 Å². The third kappa shape index (κ3) is 4.54. The van der Waals surface area contributed by atoms with Gasteiger partial charge in [-0.25, -0.2) is 8.78 Å². The normalized spacial score (nSPS) is 18.6. The van der Waals surface area contributed by atoms with Gasteiger partial charge in [0.2, 0.25) is 0 Å². The number of nitrogens with zero attached hydrogens (tertiary/aromatic N) is 1. The highest BCUT2D eigenvalue weighted by Gasteiger charge is 2.39. The molecule has 2 aromatic carbocycles. The molecular formula is C29H29F2NO4. The highest BCUT2D eigenvalue weighted by atomic mass is 19.1. The first kappa shape index (κ1) is 24.2. The number of pyridine rings is 1. The van der Waals surface area contributed by atoms with Crippen LogP contribution in [0, 0.1) is 30.4 Å². The molecule has 7 heteroatoms. The number of carboxylic acid groups (broad SMARTS) is 1. The first-order valence-electron chi connectivity index (χ1n) is 12.3. The van der Waals surface area contributed by atoms with Crippen molar-refractivity contribution in [1.82, 2.24) is 4.98 Å². The molecule has 0 amide bonds. The summed E-state index contributed by atoms with van der Waals surface area (Å²) in [6, 6.07) is 11.6. The molecule has 3 atom stereocenters. The molecular weight excluding hydrogens is 464 g/mol. The molecule has 3 aromatic rings. The summed E-state index contributed by atoms with van der Waals surface area (Å²) in [5, 5.41) is 9.62. The molecule has 0 radical (unpaired) electrons. The van der Waals surface area contributed by atoms with Gasteiger partial charge < -0.3 is 14.6 Å². The van der Waals surface area contributed by atoms with Crippen LogP contribution in [0.5, 0.6) is 11.5 Å². The van der Waals surface area contributed by atoms with Crippen LogP contribution in [0.25, 0.3) is 11.1 Å². The van der Waals surface area contributed by atoms with Gasteiger partial charge in [0.05, 0.1) is 13.0 Å². The van der Waals surface area contributed by atoms with E-state index in [0.29, 0.717) is 41.5 Å². The van der Waals surface area contributed by atoms with E-state index in [1.54, 1.807) is 13.8 Å². The number of hydrogen-bond acceptors (Lipinski definition) is 4. The summed E-state index contributed by atoms with van der Waals surface area (Å²) < 4.78 is 41.3. The Balaban J connectivity index is 1.45. The number of halogens is 2. The van der Waals surface area contributed by atoms with Gasteiger partial charge in [-0.3, -0.25) is 9.78 Å². The van der Waals surface area contributed by atoms with E-state index in [0.717, 1.165) is 24.0 Å². The summed E-state index contributed by atoms with van der Waals surface area (Å²) in [5.41, 5.74) is 3.23. The smallest absolute Gasteiger partial charge is 0.306 e. The number of carbonyl (C=O) groups is 1. The van der Waals surface area contributed by atoms with Crippen LogP contribution in [0.2, 0.25) is 0 Å². The average Bonchev–Trinajstić information content (AvgIpc) is 3.70. The lowest BCUT2D eigenvalue weighted by atomic mass is 9.82. The molecule has 1 aliphatic heterocycles. The molecule has 5 nitrogen and oxygen atoms in total. The van der Waals surface area contributed by atoms with Crippen LogP contribution < -0.4 is 9.47 Å². The fourth-order valence-electron chi connectivity index (χ4n) is 5.30. The minimum absolute atomic E-state index is 0.0778. The van der Waals surface area contributed by atoms with Crippen LogP contribution in [-0.2, 0) is 11.2 Å². The Kier molecular flexibility index (Phi) is 6.41. The van der Waals surface area contributed by atoms with E-state index < -0.39 is 29.6 Å². The number of benzene rings is 2. The molecule has 2 heterocycles. The van der Waals surface area contributed by atoms with Gasteiger partial charge >= 0.3 is 5.97 Å². The van der Waals surface area contributed by atoms with E-state index in [1.807, 2.05) is 18.2 Å². The molecule has 1 aromatic heterocycles. The standard InChI is InChI=1S/C29H29F2NO4/c1-15(29(33)34)27(18-5-6-18)19-7-4-17-8-11-25(36-26(17)12-19)28-24(31)14-21(16(2)32-28)22-13-20(35-3)9-10-23(22)30/h4,7,9-10,12-15,18,25,27H,5-6,8,11H2,1-3H3,(H,33,34)/t15-,25?,27-/m0/s1. The summed E-state index contributed by atoms with van der Waals surface area (Å²) in [4.78, 5) is 16.2. The molecule has 1 fully saturated rings.